The fourth-order valence-electron chi connectivity index (χ4n) is 3.42. The second-order valence-electron chi connectivity index (χ2n) is 6.65. The molecule has 1 aliphatic carbocycles. The van der Waals surface area contributed by atoms with E-state index >= 15 is 0 Å². The highest BCUT2D eigenvalue weighted by Gasteiger charge is 2.29. The molecule has 5 nitrogen and oxygen atoms in total. The maximum atomic E-state index is 9.15. The molecule has 1 aliphatic heterocycles. The van der Waals surface area contributed by atoms with E-state index in [-0.39, 0.29) is 5.92 Å². The molecule has 2 heterocycles. The Morgan fingerprint density at radius 1 is 1.18 bits per heavy atom. The maximum absolute atomic E-state index is 9.15. The minimum Gasteiger partial charge on any atom is -0.389 e. The van der Waals surface area contributed by atoms with Crippen molar-refractivity contribution in [2.24, 2.45) is 10.9 Å². The molecule has 2 aromatic rings. The first-order valence-electron chi connectivity index (χ1n) is 9.15. The van der Waals surface area contributed by atoms with Gasteiger partial charge in [0.2, 0.25) is 0 Å². The maximum Gasteiger partial charge on any atom is 0.0992 e. The van der Waals surface area contributed by atoms with Crippen LogP contribution in [-0.4, -0.2) is 17.7 Å². The van der Waals surface area contributed by atoms with Crippen molar-refractivity contribution in [2.45, 2.75) is 13.2 Å². The number of rotatable bonds is 6. The van der Waals surface area contributed by atoms with Gasteiger partial charge in [0.25, 0.3) is 0 Å². The summed E-state index contributed by atoms with van der Waals surface area (Å²) in [6.07, 6.45) is 9.30. The van der Waals surface area contributed by atoms with Crippen LogP contribution in [0.15, 0.2) is 83.3 Å². The fraction of sp³-hybridized carbons (Fsp3) is 0.174. The van der Waals surface area contributed by atoms with E-state index in [1.165, 1.54) is 0 Å². The summed E-state index contributed by atoms with van der Waals surface area (Å²) in [5.74, 6) is 0.0718. The second kappa shape index (κ2) is 8.03. The summed E-state index contributed by atoms with van der Waals surface area (Å²) in [4.78, 5) is 8.91. The molecule has 1 aromatic carbocycles. The third-order valence-corrected chi connectivity index (χ3v) is 4.76. The predicted octanol–water partition coefficient (Wildman–Crippen LogP) is 3.78. The molecule has 5 heteroatoms. The summed E-state index contributed by atoms with van der Waals surface area (Å²) in [5, 5.41) is 12.4. The zero-order valence-electron chi connectivity index (χ0n) is 15.6. The number of allylic oxidation sites excluding steroid dienone is 4. The van der Waals surface area contributed by atoms with Crippen LogP contribution in [0.4, 0.5) is 0 Å². The summed E-state index contributed by atoms with van der Waals surface area (Å²) in [6, 6.07) is 14.3. The lowest BCUT2D eigenvalue weighted by atomic mass is 9.92. The third kappa shape index (κ3) is 3.64. The molecule has 1 N–H and O–H groups in total. The quantitative estimate of drug-likeness (QED) is 0.842. The van der Waals surface area contributed by atoms with Gasteiger partial charge in [-0.3, -0.25) is 4.98 Å². The number of aliphatic imine (C=N–C) groups is 1. The molecular weight excluding hydrogens is 348 g/mol. The standard InChI is InChI=1S/C23H20N4O/c1-25-23-20-8-7-16(12-24)11-21(20)27-22(23)19-6-2-4-17(10-19)14-28-15-18-5-3-9-26-13-18/h2-11,13,20,25H,14-15H2,1H3. The number of nitrogens with one attached hydrogen (secondary N) is 1. The number of nitrogens with zero attached hydrogens (tertiary/aromatic N) is 3. The van der Waals surface area contributed by atoms with Gasteiger partial charge in [-0.2, -0.15) is 5.26 Å². The lowest BCUT2D eigenvalue weighted by Gasteiger charge is -2.15. The van der Waals surface area contributed by atoms with E-state index in [0.717, 1.165) is 33.8 Å². The Kier molecular flexibility index (Phi) is 5.14. The molecule has 1 unspecified atom stereocenters. The summed E-state index contributed by atoms with van der Waals surface area (Å²) in [7, 11) is 1.91. The van der Waals surface area contributed by atoms with Gasteiger partial charge in [0.1, 0.15) is 0 Å². The van der Waals surface area contributed by atoms with Gasteiger partial charge in [0, 0.05) is 25.0 Å². The molecule has 2 aliphatic rings. The van der Waals surface area contributed by atoms with Crippen molar-refractivity contribution in [2.75, 3.05) is 7.05 Å². The molecule has 4 rings (SSSR count). The molecule has 0 bridgehead atoms. The van der Waals surface area contributed by atoms with Crippen molar-refractivity contribution in [3.05, 3.63) is 95.0 Å². The summed E-state index contributed by atoms with van der Waals surface area (Å²) < 4.78 is 5.84. The van der Waals surface area contributed by atoms with E-state index < -0.39 is 0 Å². The van der Waals surface area contributed by atoms with Crippen LogP contribution in [0.5, 0.6) is 0 Å². The van der Waals surface area contributed by atoms with Crippen LogP contribution in [0, 0.1) is 17.2 Å². The lowest BCUT2D eigenvalue weighted by molar-refractivity contribution is 0.107. The molecule has 0 saturated carbocycles. The van der Waals surface area contributed by atoms with Gasteiger partial charge in [-0.1, -0.05) is 30.3 Å². The highest BCUT2D eigenvalue weighted by Crippen LogP contribution is 2.35. The molecule has 138 valence electrons. The Morgan fingerprint density at radius 2 is 2.04 bits per heavy atom. The number of aromatic nitrogens is 1. The first kappa shape index (κ1) is 17.9. The summed E-state index contributed by atoms with van der Waals surface area (Å²) in [5.41, 5.74) is 6.67. The van der Waals surface area contributed by atoms with Gasteiger partial charge in [0.05, 0.1) is 47.9 Å². The number of benzene rings is 1. The molecule has 0 fully saturated rings. The molecule has 28 heavy (non-hydrogen) atoms. The number of hydrogen-bond donors (Lipinski definition) is 1. The Labute approximate surface area is 164 Å². The smallest absolute Gasteiger partial charge is 0.0992 e. The van der Waals surface area contributed by atoms with Crippen molar-refractivity contribution >= 4 is 11.4 Å². The van der Waals surface area contributed by atoms with Gasteiger partial charge in [-0.15, -0.1) is 0 Å². The van der Waals surface area contributed by atoms with Crippen LogP contribution in [0.1, 0.15) is 16.7 Å². The zero-order chi connectivity index (χ0) is 19.3. The minimum atomic E-state index is 0.0718. The SMILES string of the molecule is CNC1=C(c2cccc(COCc3cccnc3)c2)N=C2C=C(C#N)C=CC21. The van der Waals surface area contributed by atoms with Crippen LogP contribution < -0.4 is 5.32 Å². The van der Waals surface area contributed by atoms with Gasteiger partial charge in [0.15, 0.2) is 0 Å². The normalized spacial score (nSPS) is 17.6. The Balaban J connectivity index is 1.53. The number of nitriles is 1. The van der Waals surface area contributed by atoms with E-state index in [0.29, 0.717) is 18.8 Å². The van der Waals surface area contributed by atoms with Crippen molar-refractivity contribution in [3.63, 3.8) is 0 Å². The van der Waals surface area contributed by atoms with Crippen molar-refractivity contribution < 1.29 is 4.74 Å². The van der Waals surface area contributed by atoms with Gasteiger partial charge < -0.3 is 10.1 Å². The van der Waals surface area contributed by atoms with Gasteiger partial charge in [-0.25, -0.2) is 4.99 Å². The highest BCUT2D eigenvalue weighted by molar-refractivity contribution is 6.09. The third-order valence-electron chi connectivity index (χ3n) is 4.76. The molecular formula is C23H20N4O. The van der Waals surface area contributed by atoms with Crippen molar-refractivity contribution in [3.8, 4) is 6.07 Å². The largest absolute Gasteiger partial charge is 0.389 e. The monoisotopic (exact) mass is 368 g/mol. The summed E-state index contributed by atoms with van der Waals surface area (Å²) >= 11 is 0. The topological polar surface area (TPSA) is 70.3 Å². The molecule has 1 aromatic heterocycles. The van der Waals surface area contributed by atoms with Crippen LogP contribution in [-0.2, 0) is 18.0 Å². The van der Waals surface area contributed by atoms with Crippen LogP contribution in [0.3, 0.4) is 0 Å². The molecule has 0 saturated heterocycles. The lowest BCUT2D eigenvalue weighted by Crippen LogP contribution is -2.20. The average molecular weight is 368 g/mol. The number of fused-ring (bicyclic) bond motifs is 1. The zero-order valence-corrected chi connectivity index (χ0v) is 15.6. The highest BCUT2D eigenvalue weighted by atomic mass is 16.5. The minimum absolute atomic E-state index is 0.0718. The van der Waals surface area contributed by atoms with Crippen molar-refractivity contribution in [1.82, 2.24) is 10.3 Å². The van der Waals surface area contributed by atoms with E-state index in [2.05, 4.69) is 34.6 Å². The van der Waals surface area contributed by atoms with Gasteiger partial charge >= 0.3 is 0 Å². The number of ether oxygens (including phenoxy) is 1. The van der Waals surface area contributed by atoms with E-state index in [1.807, 2.05) is 49.7 Å². The first-order chi connectivity index (χ1) is 13.8. The summed E-state index contributed by atoms with van der Waals surface area (Å²) in [6.45, 7) is 1.04. The number of pyridine rings is 1. The molecule has 0 spiro atoms. The average Bonchev–Trinajstić information content (AvgIpc) is 3.12. The molecule has 0 amide bonds. The Hall–Kier alpha value is -3.49. The Morgan fingerprint density at radius 3 is 2.82 bits per heavy atom. The van der Waals surface area contributed by atoms with Crippen LogP contribution in [0.25, 0.3) is 5.70 Å². The van der Waals surface area contributed by atoms with E-state index in [4.69, 9.17) is 15.0 Å². The van der Waals surface area contributed by atoms with E-state index in [9.17, 15) is 0 Å². The Bertz CT molecular complexity index is 1040. The fourth-order valence-corrected chi connectivity index (χ4v) is 3.42. The predicted molar refractivity (Wildman–Crippen MR) is 109 cm³/mol. The molecule has 1 atom stereocenters. The number of hydrogen-bond acceptors (Lipinski definition) is 5. The van der Waals surface area contributed by atoms with Crippen molar-refractivity contribution in [1.29, 1.82) is 5.26 Å². The van der Waals surface area contributed by atoms with Crippen LogP contribution >= 0.6 is 0 Å². The second-order valence-corrected chi connectivity index (χ2v) is 6.65. The van der Waals surface area contributed by atoms with Crippen LogP contribution in [0.2, 0.25) is 0 Å². The van der Waals surface area contributed by atoms with Gasteiger partial charge in [-0.05, 0) is 35.4 Å². The molecule has 0 radical (unpaired) electrons. The van der Waals surface area contributed by atoms with E-state index in [1.54, 1.807) is 6.20 Å². The first-order valence-corrected chi connectivity index (χ1v) is 9.15.